The molecule has 18 heavy (non-hydrogen) atoms. The standard InChI is InChI=1S/C12H14FNO3S/c1-14(11(15)7-18-8-12(16)17)6-9-3-2-4-10(13)5-9/h2-5H,6-8H2,1H3,(H,16,17). The average Bonchev–Trinajstić information content (AvgIpc) is 2.28. The second-order valence-electron chi connectivity index (χ2n) is 3.77. The Kier molecular flexibility index (Phi) is 5.64. The van der Waals surface area contributed by atoms with Gasteiger partial charge in [-0.15, -0.1) is 11.8 Å². The van der Waals surface area contributed by atoms with Crippen molar-refractivity contribution >= 4 is 23.6 Å². The highest BCUT2D eigenvalue weighted by Gasteiger charge is 2.10. The molecule has 0 bridgehead atoms. The Bertz CT molecular complexity index is 439. The van der Waals surface area contributed by atoms with Gasteiger partial charge in [0, 0.05) is 13.6 Å². The molecule has 1 rings (SSSR count). The highest BCUT2D eigenvalue weighted by atomic mass is 32.2. The normalized spacial score (nSPS) is 10.1. The van der Waals surface area contributed by atoms with Gasteiger partial charge >= 0.3 is 5.97 Å². The molecule has 0 fully saturated rings. The Hall–Kier alpha value is -1.56. The van der Waals surface area contributed by atoms with E-state index in [1.165, 1.54) is 17.0 Å². The average molecular weight is 271 g/mol. The maximum absolute atomic E-state index is 12.9. The zero-order valence-corrected chi connectivity index (χ0v) is 10.7. The third-order valence-electron chi connectivity index (χ3n) is 2.19. The molecular weight excluding hydrogens is 257 g/mol. The number of nitrogens with zero attached hydrogens (tertiary/aromatic N) is 1. The zero-order chi connectivity index (χ0) is 13.5. The summed E-state index contributed by atoms with van der Waals surface area (Å²) in [5.74, 6) is -1.45. The molecular formula is C12H14FNO3S. The molecule has 1 amide bonds. The van der Waals surface area contributed by atoms with Crippen LogP contribution in [0.3, 0.4) is 0 Å². The summed E-state index contributed by atoms with van der Waals surface area (Å²) in [5, 5.41) is 8.44. The SMILES string of the molecule is CN(Cc1cccc(F)c1)C(=O)CSCC(=O)O. The summed E-state index contributed by atoms with van der Waals surface area (Å²) in [6.45, 7) is 0.310. The molecule has 0 unspecified atom stereocenters. The fourth-order valence-corrected chi connectivity index (χ4v) is 2.00. The van der Waals surface area contributed by atoms with E-state index in [2.05, 4.69) is 0 Å². The molecule has 0 saturated carbocycles. The maximum atomic E-state index is 12.9. The number of carbonyl (C=O) groups excluding carboxylic acids is 1. The monoisotopic (exact) mass is 271 g/mol. The van der Waals surface area contributed by atoms with E-state index in [1.807, 2.05) is 0 Å². The summed E-state index contributed by atoms with van der Waals surface area (Å²) in [4.78, 5) is 23.4. The molecule has 0 aliphatic carbocycles. The first kappa shape index (κ1) is 14.5. The zero-order valence-electron chi connectivity index (χ0n) is 9.93. The summed E-state index contributed by atoms with van der Waals surface area (Å²) in [5.41, 5.74) is 0.703. The van der Waals surface area contributed by atoms with Crippen LogP contribution >= 0.6 is 11.8 Å². The molecule has 4 nitrogen and oxygen atoms in total. The highest BCUT2D eigenvalue weighted by molar-refractivity contribution is 8.00. The minimum atomic E-state index is -0.944. The number of hydrogen-bond acceptors (Lipinski definition) is 3. The maximum Gasteiger partial charge on any atom is 0.313 e. The van der Waals surface area contributed by atoms with Crippen molar-refractivity contribution in [3.63, 3.8) is 0 Å². The Morgan fingerprint density at radius 2 is 2.11 bits per heavy atom. The largest absolute Gasteiger partial charge is 0.481 e. The van der Waals surface area contributed by atoms with Gasteiger partial charge in [0.2, 0.25) is 5.91 Å². The predicted molar refractivity (Wildman–Crippen MR) is 67.8 cm³/mol. The summed E-state index contributed by atoms with van der Waals surface area (Å²) in [7, 11) is 1.61. The van der Waals surface area contributed by atoms with Gasteiger partial charge in [-0.05, 0) is 17.7 Å². The lowest BCUT2D eigenvalue weighted by Gasteiger charge is -2.16. The van der Waals surface area contributed by atoms with Gasteiger partial charge in [-0.25, -0.2) is 4.39 Å². The molecule has 0 atom stereocenters. The van der Waals surface area contributed by atoms with Crippen LogP contribution < -0.4 is 0 Å². The van der Waals surface area contributed by atoms with E-state index in [-0.39, 0.29) is 23.2 Å². The Morgan fingerprint density at radius 1 is 1.39 bits per heavy atom. The lowest BCUT2D eigenvalue weighted by molar-refractivity contribution is -0.133. The van der Waals surface area contributed by atoms with Crippen LogP contribution in [0.1, 0.15) is 5.56 Å². The minimum Gasteiger partial charge on any atom is -0.481 e. The molecule has 0 heterocycles. The third-order valence-corrected chi connectivity index (χ3v) is 3.09. The van der Waals surface area contributed by atoms with E-state index in [9.17, 15) is 14.0 Å². The van der Waals surface area contributed by atoms with Crippen molar-refractivity contribution < 1.29 is 19.1 Å². The quantitative estimate of drug-likeness (QED) is 0.854. The van der Waals surface area contributed by atoms with Gasteiger partial charge in [-0.2, -0.15) is 0 Å². The van der Waals surface area contributed by atoms with Gasteiger partial charge in [0.1, 0.15) is 5.82 Å². The minimum absolute atomic E-state index is 0.0977. The first-order valence-electron chi connectivity index (χ1n) is 5.27. The van der Waals surface area contributed by atoms with E-state index in [0.29, 0.717) is 12.1 Å². The molecule has 0 radical (unpaired) electrons. The number of benzene rings is 1. The molecule has 1 N–H and O–H groups in total. The molecule has 0 aliphatic heterocycles. The molecule has 98 valence electrons. The van der Waals surface area contributed by atoms with Crippen LogP contribution in [0.4, 0.5) is 4.39 Å². The number of carboxylic acid groups (broad SMARTS) is 1. The molecule has 0 spiro atoms. The van der Waals surface area contributed by atoms with Gasteiger partial charge in [0.15, 0.2) is 0 Å². The predicted octanol–water partition coefficient (Wildman–Crippen LogP) is 1.60. The second kappa shape index (κ2) is 7.00. The van der Waals surface area contributed by atoms with Crippen molar-refractivity contribution in [2.24, 2.45) is 0 Å². The molecule has 1 aromatic carbocycles. The number of rotatable bonds is 6. The van der Waals surface area contributed by atoms with Crippen molar-refractivity contribution in [3.8, 4) is 0 Å². The topological polar surface area (TPSA) is 57.6 Å². The van der Waals surface area contributed by atoms with E-state index >= 15 is 0 Å². The first-order chi connectivity index (χ1) is 8.49. The van der Waals surface area contributed by atoms with Gasteiger partial charge in [0.25, 0.3) is 0 Å². The summed E-state index contributed by atoms with van der Waals surface area (Å²) < 4.78 is 12.9. The number of hydrogen-bond donors (Lipinski definition) is 1. The third kappa shape index (κ3) is 5.18. The number of thioether (sulfide) groups is 1. The molecule has 0 aliphatic rings. The van der Waals surface area contributed by atoms with Gasteiger partial charge in [-0.1, -0.05) is 12.1 Å². The number of halogens is 1. The van der Waals surface area contributed by atoms with Crippen molar-refractivity contribution in [2.75, 3.05) is 18.6 Å². The number of carboxylic acids is 1. The summed E-state index contributed by atoms with van der Waals surface area (Å²) >= 11 is 1.05. The second-order valence-corrected chi connectivity index (χ2v) is 4.75. The van der Waals surface area contributed by atoms with E-state index in [1.54, 1.807) is 19.2 Å². The van der Waals surface area contributed by atoms with Gasteiger partial charge < -0.3 is 10.0 Å². The fourth-order valence-electron chi connectivity index (χ4n) is 1.33. The van der Waals surface area contributed by atoms with E-state index in [4.69, 9.17) is 5.11 Å². The van der Waals surface area contributed by atoms with Crippen molar-refractivity contribution in [1.82, 2.24) is 4.90 Å². The van der Waals surface area contributed by atoms with Crippen LogP contribution in [0.2, 0.25) is 0 Å². The fraction of sp³-hybridized carbons (Fsp3) is 0.333. The molecule has 0 saturated heterocycles. The number of aliphatic carboxylic acids is 1. The van der Waals surface area contributed by atoms with Crippen molar-refractivity contribution in [1.29, 1.82) is 0 Å². The van der Waals surface area contributed by atoms with Crippen LogP contribution in [0.25, 0.3) is 0 Å². The van der Waals surface area contributed by atoms with Crippen molar-refractivity contribution in [2.45, 2.75) is 6.54 Å². The van der Waals surface area contributed by atoms with Gasteiger partial charge in [-0.3, -0.25) is 9.59 Å². The van der Waals surface area contributed by atoms with Crippen LogP contribution in [0, 0.1) is 5.82 Å². The summed E-state index contributed by atoms with van der Waals surface area (Å²) in [6.07, 6.45) is 0. The van der Waals surface area contributed by atoms with Crippen LogP contribution in [-0.2, 0) is 16.1 Å². The van der Waals surface area contributed by atoms with Crippen LogP contribution in [0.5, 0.6) is 0 Å². The highest BCUT2D eigenvalue weighted by Crippen LogP contribution is 2.08. The lowest BCUT2D eigenvalue weighted by Crippen LogP contribution is -2.28. The van der Waals surface area contributed by atoms with Crippen molar-refractivity contribution in [3.05, 3.63) is 35.6 Å². The van der Waals surface area contributed by atoms with Crippen LogP contribution in [0.15, 0.2) is 24.3 Å². The van der Waals surface area contributed by atoms with Gasteiger partial charge in [0.05, 0.1) is 11.5 Å². The first-order valence-corrected chi connectivity index (χ1v) is 6.42. The Morgan fingerprint density at radius 3 is 2.72 bits per heavy atom. The molecule has 6 heteroatoms. The lowest BCUT2D eigenvalue weighted by atomic mass is 10.2. The van der Waals surface area contributed by atoms with Crippen LogP contribution in [-0.4, -0.2) is 40.4 Å². The van der Waals surface area contributed by atoms with E-state index in [0.717, 1.165) is 11.8 Å². The Labute approximate surface area is 109 Å². The number of amides is 1. The summed E-state index contributed by atoms with van der Waals surface area (Å²) in [6, 6.07) is 6.03. The molecule has 1 aromatic rings. The number of carbonyl (C=O) groups is 2. The smallest absolute Gasteiger partial charge is 0.313 e. The Balaban J connectivity index is 2.42. The molecule has 0 aromatic heterocycles. The van der Waals surface area contributed by atoms with E-state index < -0.39 is 5.97 Å².